The van der Waals surface area contributed by atoms with Gasteiger partial charge in [-0.1, -0.05) is 6.07 Å². The predicted octanol–water partition coefficient (Wildman–Crippen LogP) is 1.16. The molecule has 2 heterocycles. The Labute approximate surface area is 122 Å². The average Bonchev–Trinajstić information content (AvgIpc) is 3.10. The van der Waals surface area contributed by atoms with E-state index in [0.717, 1.165) is 17.1 Å². The van der Waals surface area contributed by atoms with Crippen LogP contribution in [0.1, 0.15) is 18.4 Å². The molecule has 6 heteroatoms. The van der Waals surface area contributed by atoms with E-state index in [9.17, 15) is 9.18 Å². The molecule has 0 saturated carbocycles. The van der Waals surface area contributed by atoms with Gasteiger partial charge in [-0.25, -0.2) is 4.39 Å². The molecule has 1 aromatic rings. The fourth-order valence-corrected chi connectivity index (χ4v) is 2.61. The predicted molar refractivity (Wildman–Crippen MR) is 75.2 cm³/mol. The van der Waals surface area contributed by atoms with E-state index in [1.54, 1.807) is 0 Å². The molecule has 1 aromatic carbocycles. The Kier molecular flexibility index (Phi) is 4.24. The maximum Gasteiger partial charge on any atom is 0.231 e. The summed E-state index contributed by atoms with van der Waals surface area (Å²) in [4.78, 5) is 11.8. The van der Waals surface area contributed by atoms with Gasteiger partial charge in [-0.05, 0) is 30.5 Å². The number of amides is 1. The number of fused-ring (bicyclic) bond motifs is 1. The lowest BCUT2D eigenvalue weighted by atomic mass is 10.1. The highest BCUT2D eigenvalue weighted by Crippen LogP contribution is 2.32. The molecule has 21 heavy (non-hydrogen) atoms. The van der Waals surface area contributed by atoms with Crippen molar-refractivity contribution in [3.05, 3.63) is 23.8 Å². The summed E-state index contributed by atoms with van der Waals surface area (Å²) in [5.41, 5.74) is 1.04. The van der Waals surface area contributed by atoms with E-state index in [1.807, 2.05) is 18.2 Å². The van der Waals surface area contributed by atoms with Crippen molar-refractivity contribution in [3.8, 4) is 11.5 Å². The van der Waals surface area contributed by atoms with Gasteiger partial charge >= 0.3 is 0 Å². The van der Waals surface area contributed by atoms with Crippen LogP contribution >= 0.6 is 0 Å². The summed E-state index contributed by atoms with van der Waals surface area (Å²) in [6.07, 6.45) is 0.737. The number of ether oxygens (including phenoxy) is 2. The molecule has 2 unspecified atom stereocenters. The first-order valence-corrected chi connectivity index (χ1v) is 7.23. The van der Waals surface area contributed by atoms with Crippen LogP contribution in [0.25, 0.3) is 0 Å². The third-order valence-corrected chi connectivity index (χ3v) is 3.79. The molecule has 0 bridgehead atoms. The lowest BCUT2D eigenvalue weighted by Crippen LogP contribution is -2.37. The molecule has 3 rings (SSSR count). The molecule has 0 aromatic heterocycles. The minimum absolute atomic E-state index is 0.0169. The topological polar surface area (TPSA) is 59.6 Å². The third-order valence-electron chi connectivity index (χ3n) is 3.79. The first-order valence-electron chi connectivity index (χ1n) is 7.23. The van der Waals surface area contributed by atoms with Crippen LogP contribution in [0.5, 0.6) is 11.5 Å². The second-order valence-electron chi connectivity index (χ2n) is 5.43. The van der Waals surface area contributed by atoms with Gasteiger partial charge in [-0.3, -0.25) is 4.79 Å². The van der Waals surface area contributed by atoms with Crippen molar-refractivity contribution in [2.75, 3.05) is 19.9 Å². The largest absolute Gasteiger partial charge is 0.454 e. The number of alkyl halides is 1. The van der Waals surface area contributed by atoms with Crippen molar-refractivity contribution in [1.82, 2.24) is 10.6 Å². The van der Waals surface area contributed by atoms with Crippen molar-refractivity contribution in [3.63, 3.8) is 0 Å². The van der Waals surface area contributed by atoms with E-state index in [0.29, 0.717) is 32.4 Å². The highest BCUT2D eigenvalue weighted by Gasteiger charge is 2.23. The second kappa shape index (κ2) is 6.30. The Hall–Kier alpha value is -1.82. The van der Waals surface area contributed by atoms with E-state index in [4.69, 9.17) is 9.47 Å². The number of hydrogen-bond donors (Lipinski definition) is 2. The van der Waals surface area contributed by atoms with Gasteiger partial charge in [0.25, 0.3) is 0 Å². The SMILES string of the molecule is O=C(CCc1ccc2c(c1)OCO2)NCC1CC(F)CN1. The van der Waals surface area contributed by atoms with Gasteiger partial charge in [0, 0.05) is 25.6 Å². The van der Waals surface area contributed by atoms with Crippen LogP contribution in [0.3, 0.4) is 0 Å². The molecule has 2 N–H and O–H groups in total. The molecule has 2 aliphatic rings. The van der Waals surface area contributed by atoms with Crippen molar-refractivity contribution in [1.29, 1.82) is 0 Å². The Bertz CT molecular complexity index is 524. The van der Waals surface area contributed by atoms with Crippen LogP contribution < -0.4 is 20.1 Å². The Morgan fingerprint density at radius 2 is 2.24 bits per heavy atom. The number of hydrogen-bond acceptors (Lipinski definition) is 4. The number of carbonyl (C=O) groups is 1. The molecule has 0 radical (unpaired) electrons. The van der Waals surface area contributed by atoms with Gasteiger partial charge in [0.15, 0.2) is 11.5 Å². The number of halogens is 1. The normalized spacial score (nSPS) is 23.3. The molecular weight excluding hydrogens is 275 g/mol. The Morgan fingerprint density at radius 1 is 1.38 bits per heavy atom. The number of benzene rings is 1. The monoisotopic (exact) mass is 294 g/mol. The molecular formula is C15H19FN2O3. The summed E-state index contributed by atoms with van der Waals surface area (Å²) in [5.74, 6) is 1.46. The van der Waals surface area contributed by atoms with E-state index < -0.39 is 6.17 Å². The standard InChI is InChI=1S/C15H19FN2O3/c16-11-6-12(17-7-11)8-18-15(19)4-2-10-1-3-13-14(5-10)21-9-20-13/h1,3,5,11-12,17H,2,4,6-9H2,(H,18,19). The van der Waals surface area contributed by atoms with Crippen LogP contribution in [-0.2, 0) is 11.2 Å². The number of aryl methyl sites for hydroxylation is 1. The quantitative estimate of drug-likeness (QED) is 0.856. The minimum Gasteiger partial charge on any atom is -0.454 e. The first-order chi connectivity index (χ1) is 10.2. The molecule has 1 saturated heterocycles. The zero-order valence-electron chi connectivity index (χ0n) is 11.7. The summed E-state index contributed by atoms with van der Waals surface area (Å²) in [5, 5.41) is 5.89. The highest BCUT2D eigenvalue weighted by molar-refractivity contribution is 5.76. The lowest BCUT2D eigenvalue weighted by molar-refractivity contribution is -0.121. The first kappa shape index (κ1) is 14.1. The summed E-state index contributed by atoms with van der Waals surface area (Å²) in [6, 6.07) is 5.75. The van der Waals surface area contributed by atoms with Crippen molar-refractivity contribution >= 4 is 5.91 Å². The van der Waals surface area contributed by atoms with Crippen molar-refractivity contribution < 1.29 is 18.7 Å². The molecule has 5 nitrogen and oxygen atoms in total. The zero-order chi connectivity index (χ0) is 14.7. The summed E-state index contributed by atoms with van der Waals surface area (Å²) >= 11 is 0. The summed E-state index contributed by atoms with van der Waals surface area (Å²) in [6.45, 7) is 1.13. The number of rotatable bonds is 5. The van der Waals surface area contributed by atoms with E-state index in [1.165, 1.54) is 0 Å². The van der Waals surface area contributed by atoms with E-state index in [2.05, 4.69) is 10.6 Å². The van der Waals surface area contributed by atoms with Crippen LogP contribution in [0, 0.1) is 0 Å². The molecule has 1 amide bonds. The number of carbonyl (C=O) groups excluding carboxylic acids is 1. The molecule has 2 atom stereocenters. The van der Waals surface area contributed by atoms with Gasteiger partial charge < -0.3 is 20.1 Å². The molecule has 1 fully saturated rings. The molecule has 0 spiro atoms. The van der Waals surface area contributed by atoms with Crippen LogP contribution in [-0.4, -0.2) is 38.0 Å². The third kappa shape index (κ3) is 3.64. The Balaban J connectivity index is 1.41. The van der Waals surface area contributed by atoms with Gasteiger partial charge in [0.1, 0.15) is 6.17 Å². The van der Waals surface area contributed by atoms with Gasteiger partial charge in [0.2, 0.25) is 12.7 Å². The molecule has 0 aliphatic carbocycles. The summed E-state index contributed by atoms with van der Waals surface area (Å²) in [7, 11) is 0. The smallest absolute Gasteiger partial charge is 0.231 e. The lowest BCUT2D eigenvalue weighted by Gasteiger charge is -2.11. The van der Waals surface area contributed by atoms with Crippen LogP contribution in [0.4, 0.5) is 4.39 Å². The molecule has 2 aliphatic heterocycles. The van der Waals surface area contributed by atoms with Gasteiger partial charge in [-0.2, -0.15) is 0 Å². The van der Waals surface area contributed by atoms with Crippen LogP contribution in [0.2, 0.25) is 0 Å². The summed E-state index contributed by atoms with van der Waals surface area (Å²) < 4.78 is 23.5. The van der Waals surface area contributed by atoms with E-state index >= 15 is 0 Å². The maximum atomic E-state index is 13.0. The minimum atomic E-state index is -0.791. The highest BCUT2D eigenvalue weighted by atomic mass is 19.1. The molecule has 114 valence electrons. The Morgan fingerprint density at radius 3 is 3.05 bits per heavy atom. The van der Waals surface area contributed by atoms with Crippen molar-refractivity contribution in [2.24, 2.45) is 0 Å². The van der Waals surface area contributed by atoms with Gasteiger partial charge in [-0.15, -0.1) is 0 Å². The van der Waals surface area contributed by atoms with Gasteiger partial charge in [0.05, 0.1) is 0 Å². The average molecular weight is 294 g/mol. The van der Waals surface area contributed by atoms with Crippen molar-refractivity contribution in [2.45, 2.75) is 31.5 Å². The van der Waals surface area contributed by atoms with Crippen LogP contribution in [0.15, 0.2) is 18.2 Å². The number of nitrogens with one attached hydrogen (secondary N) is 2. The maximum absolute atomic E-state index is 13.0. The fraction of sp³-hybridized carbons (Fsp3) is 0.533. The van der Waals surface area contributed by atoms with E-state index in [-0.39, 0.29) is 18.7 Å². The zero-order valence-corrected chi connectivity index (χ0v) is 11.7. The fourth-order valence-electron chi connectivity index (χ4n) is 2.61. The second-order valence-corrected chi connectivity index (χ2v) is 5.43.